The molecule has 0 heterocycles. The van der Waals surface area contributed by atoms with Gasteiger partial charge in [-0.1, -0.05) is 6.58 Å². The van der Waals surface area contributed by atoms with Crippen LogP contribution in [-0.2, 0) is 9.53 Å². The summed E-state index contributed by atoms with van der Waals surface area (Å²) < 4.78 is 42.3. The molecule has 0 bridgehead atoms. The Bertz CT molecular complexity index is 260. The summed E-state index contributed by atoms with van der Waals surface area (Å²) in [6, 6.07) is 0. The molecule has 0 radical (unpaired) electrons. The van der Waals surface area contributed by atoms with Crippen LogP contribution in [-0.4, -0.2) is 18.2 Å². The van der Waals surface area contributed by atoms with Crippen molar-refractivity contribution < 1.29 is 22.7 Å². The van der Waals surface area contributed by atoms with Crippen LogP contribution in [0.25, 0.3) is 0 Å². The van der Waals surface area contributed by atoms with E-state index in [1.54, 1.807) is 0 Å². The quantitative estimate of drug-likeness (QED) is 0.418. The van der Waals surface area contributed by atoms with Crippen LogP contribution in [0.3, 0.4) is 0 Å². The number of ether oxygens (including phenoxy) is 1. The van der Waals surface area contributed by atoms with Gasteiger partial charge in [0.15, 0.2) is 0 Å². The molecule has 1 aliphatic rings. The fourth-order valence-electron chi connectivity index (χ4n) is 1.93. The minimum absolute atomic E-state index is 0.0403. The van der Waals surface area contributed by atoms with E-state index in [1.807, 2.05) is 0 Å². The van der Waals surface area contributed by atoms with Crippen molar-refractivity contribution in [2.24, 2.45) is 5.92 Å². The highest BCUT2D eigenvalue weighted by Gasteiger charge is 2.40. The molecule has 0 aliphatic heterocycles. The average Bonchev–Trinajstić information content (AvgIpc) is 2.42. The second-order valence-electron chi connectivity index (χ2n) is 4.01. The van der Waals surface area contributed by atoms with Crippen LogP contribution >= 0.6 is 0 Å². The summed E-state index contributed by atoms with van der Waals surface area (Å²) in [5, 5.41) is 0. The zero-order chi connectivity index (χ0) is 12.2. The minimum atomic E-state index is -4.13. The molecular formula is C11H15F3O2. The zero-order valence-electron chi connectivity index (χ0n) is 8.93. The maximum atomic E-state index is 12.5. The fourth-order valence-corrected chi connectivity index (χ4v) is 1.93. The van der Waals surface area contributed by atoms with Gasteiger partial charge in [-0.2, -0.15) is 13.2 Å². The van der Waals surface area contributed by atoms with Gasteiger partial charge in [0.25, 0.3) is 0 Å². The molecule has 0 N–H and O–H groups in total. The molecule has 1 saturated carbocycles. The van der Waals surface area contributed by atoms with Gasteiger partial charge in [-0.3, -0.25) is 0 Å². The van der Waals surface area contributed by atoms with Crippen molar-refractivity contribution in [3.05, 3.63) is 12.7 Å². The highest BCUT2D eigenvalue weighted by molar-refractivity contribution is 5.81. The Morgan fingerprint density at radius 3 is 2.50 bits per heavy atom. The number of alkyl halides is 3. The molecule has 0 aromatic heterocycles. The van der Waals surface area contributed by atoms with Crippen molar-refractivity contribution in [1.82, 2.24) is 0 Å². The van der Waals surface area contributed by atoms with Crippen LogP contribution in [0.15, 0.2) is 12.7 Å². The number of rotatable bonds is 2. The smallest absolute Gasteiger partial charge is 0.391 e. The first-order valence-electron chi connectivity index (χ1n) is 5.33. The van der Waals surface area contributed by atoms with Crippen LogP contribution in [0.4, 0.5) is 13.2 Å². The van der Waals surface area contributed by atoms with Gasteiger partial charge in [0.2, 0.25) is 0 Å². The largest absolute Gasteiger partial charge is 0.459 e. The zero-order valence-corrected chi connectivity index (χ0v) is 8.93. The Morgan fingerprint density at radius 2 is 1.94 bits per heavy atom. The Labute approximate surface area is 92.5 Å². The van der Waals surface area contributed by atoms with Gasteiger partial charge in [-0.25, -0.2) is 4.79 Å². The molecule has 0 aromatic rings. The molecule has 1 fully saturated rings. The summed E-state index contributed by atoms with van der Waals surface area (Å²) in [5.41, 5.74) is 0. The fraction of sp³-hybridized carbons (Fsp3) is 0.727. The van der Waals surface area contributed by atoms with Crippen molar-refractivity contribution in [1.29, 1.82) is 0 Å². The first-order chi connectivity index (χ1) is 7.43. The minimum Gasteiger partial charge on any atom is -0.459 e. The number of esters is 1. The van der Waals surface area contributed by atoms with Gasteiger partial charge in [0.05, 0.1) is 5.92 Å². The van der Waals surface area contributed by atoms with Crippen molar-refractivity contribution in [3.8, 4) is 0 Å². The first-order valence-corrected chi connectivity index (χ1v) is 5.33. The monoisotopic (exact) mass is 236 g/mol. The predicted molar refractivity (Wildman–Crippen MR) is 52.7 cm³/mol. The van der Waals surface area contributed by atoms with Gasteiger partial charge in [-0.05, 0) is 32.1 Å². The van der Waals surface area contributed by atoms with Crippen molar-refractivity contribution in [2.45, 2.75) is 44.4 Å². The molecular weight excluding hydrogens is 221 g/mol. The topological polar surface area (TPSA) is 26.3 Å². The van der Waals surface area contributed by atoms with Crippen LogP contribution in [0.2, 0.25) is 0 Å². The third-order valence-corrected chi connectivity index (χ3v) is 2.83. The summed E-state index contributed by atoms with van der Waals surface area (Å²) in [6.07, 6.45) is -2.08. The summed E-state index contributed by atoms with van der Waals surface area (Å²) in [7, 11) is 0. The maximum absolute atomic E-state index is 12.5. The summed E-state index contributed by atoms with van der Waals surface area (Å²) >= 11 is 0. The van der Waals surface area contributed by atoms with Crippen LogP contribution in [0.5, 0.6) is 0 Å². The van der Waals surface area contributed by atoms with E-state index in [9.17, 15) is 18.0 Å². The molecule has 1 rings (SSSR count). The van der Waals surface area contributed by atoms with E-state index < -0.39 is 24.2 Å². The molecule has 1 aliphatic carbocycles. The lowest BCUT2D eigenvalue weighted by Crippen LogP contribution is -2.22. The number of carbonyl (C=O) groups is 1. The van der Waals surface area contributed by atoms with Gasteiger partial charge in [-0.15, -0.1) is 0 Å². The third-order valence-electron chi connectivity index (χ3n) is 2.83. The maximum Gasteiger partial charge on any atom is 0.391 e. The SMILES string of the molecule is C=CC(=O)OC1CCCC(C(F)(F)F)CC1. The van der Waals surface area contributed by atoms with E-state index >= 15 is 0 Å². The van der Waals surface area contributed by atoms with Crippen LogP contribution in [0.1, 0.15) is 32.1 Å². The van der Waals surface area contributed by atoms with Crippen molar-refractivity contribution >= 4 is 5.97 Å². The van der Waals surface area contributed by atoms with Crippen molar-refractivity contribution in [3.63, 3.8) is 0 Å². The lowest BCUT2D eigenvalue weighted by atomic mass is 10.00. The number of halogens is 3. The highest BCUT2D eigenvalue weighted by atomic mass is 19.4. The molecule has 5 heteroatoms. The Kier molecular flexibility index (Phi) is 4.38. The van der Waals surface area contributed by atoms with E-state index in [4.69, 9.17) is 4.74 Å². The van der Waals surface area contributed by atoms with Crippen molar-refractivity contribution in [2.75, 3.05) is 0 Å². The predicted octanol–water partition coefficient (Wildman–Crippen LogP) is 3.23. The van der Waals surface area contributed by atoms with Gasteiger partial charge >= 0.3 is 12.1 Å². The standard InChI is InChI=1S/C11H15F3O2/c1-2-10(15)16-9-5-3-4-8(6-7-9)11(12,13)14/h2,8-9H,1,3-7H2. The number of carbonyl (C=O) groups excluding carboxylic acids is 1. The molecule has 2 nitrogen and oxygen atoms in total. The molecule has 0 saturated heterocycles. The van der Waals surface area contributed by atoms with E-state index in [-0.39, 0.29) is 19.3 Å². The highest BCUT2D eigenvalue weighted by Crippen LogP contribution is 2.37. The number of hydrogen-bond donors (Lipinski definition) is 0. The van der Waals surface area contributed by atoms with E-state index in [2.05, 4.69) is 6.58 Å². The molecule has 0 amide bonds. The summed E-state index contributed by atoms with van der Waals surface area (Å²) in [6.45, 7) is 3.25. The summed E-state index contributed by atoms with van der Waals surface area (Å²) in [5.74, 6) is -1.81. The molecule has 0 aromatic carbocycles. The molecule has 0 spiro atoms. The van der Waals surface area contributed by atoms with Gasteiger partial charge < -0.3 is 4.74 Å². The first kappa shape index (κ1) is 13.1. The molecule has 16 heavy (non-hydrogen) atoms. The number of hydrogen-bond acceptors (Lipinski definition) is 2. The Balaban J connectivity index is 2.46. The van der Waals surface area contributed by atoms with E-state index in [0.29, 0.717) is 12.8 Å². The second-order valence-corrected chi connectivity index (χ2v) is 4.01. The molecule has 2 atom stereocenters. The van der Waals surface area contributed by atoms with Crippen LogP contribution in [0, 0.1) is 5.92 Å². The molecule has 92 valence electrons. The second kappa shape index (κ2) is 5.37. The van der Waals surface area contributed by atoms with E-state index in [1.165, 1.54) is 0 Å². The van der Waals surface area contributed by atoms with Gasteiger partial charge in [0.1, 0.15) is 6.10 Å². The van der Waals surface area contributed by atoms with Crippen LogP contribution < -0.4 is 0 Å². The average molecular weight is 236 g/mol. The van der Waals surface area contributed by atoms with E-state index in [0.717, 1.165) is 6.08 Å². The summed E-state index contributed by atoms with van der Waals surface area (Å²) in [4.78, 5) is 10.9. The third kappa shape index (κ3) is 3.87. The Morgan fingerprint density at radius 1 is 1.25 bits per heavy atom. The lowest BCUT2D eigenvalue weighted by Gasteiger charge is -2.18. The lowest BCUT2D eigenvalue weighted by molar-refractivity contribution is -0.177. The Hall–Kier alpha value is -1.00. The molecule has 2 unspecified atom stereocenters. The van der Waals surface area contributed by atoms with Gasteiger partial charge in [0, 0.05) is 6.08 Å². The normalized spacial score (nSPS) is 26.9.